The number of aromatic nitrogens is 1. The number of nitrogens with zero attached hydrogens (tertiary/aromatic N) is 1. The molecule has 2 aromatic rings. The first kappa shape index (κ1) is 16.0. The van der Waals surface area contributed by atoms with Crippen LogP contribution in [0.3, 0.4) is 0 Å². The largest absolute Gasteiger partial charge is 0.454 e. The van der Waals surface area contributed by atoms with Crippen LogP contribution in [0.4, 0.5) is 0 Å². The van der Waals surface area contributed by atoms with Crippen LogP contribution in [0.5, 0.6) is 0 Å². The summed E-state index contributed by atoms with van der Waals surface area (Å²) < 4.78 is 6.99. The SMILES string of the molecule is O=C(NC1CCCCNC1=O)c1ccc(Cn2ccccc2=O)o1. The highest BCUT2D eigenvalue weighted by molar-refractivity contribution is 5.95. The molecule has 0 bridgehead atoms. The van der Waals surface area contributed by atoms with E-state index in [1.165, 1.54) is 10.6 Å². The van der Waals surface area contributed by atoms with Crippen LogP contribution >= 0.6 is 0 Å². The number of pyridine rings is 1. The topological polar surface area (TPSA) is 93.3 Å². The van der Waals surface area contributed by atoms with Crippen molar-refractivity contribution in [1.82, 2.24) is 15.2 Å². The molecule has 2 aromatic heterocycles. The van der Waals surface area contributed by atoms with Gasteiger partial charge in [0.2, 0.25) is 5.91 Å². The normalized spacial score (nSPS) is 17.8. The van der Waals surface area contributed by atoms with Crippen molar-refractivity contribution in [3.8, 4) is 0 Å². The molecule has 0 aliphatic carbocycles. The lowest BCUT2D eigenvalue weighted by Crippen LogP contribution is -2.45. The minimum atomic E-state index is -0.537. The summed E-state index contributed by atoms with van der Waals surface area (Å²) in [5.74, 6) is 0.0389. The van der Waals surface area contributed by atoms with E-state index in [9.17, 15) is 14.4 Å². The van der Waals surface area contributed by atoms with Crippen molar-refractivity contribution in [1.29, 1.82) is 0 Å². The zero-order chi connectivity index (χ0) is 16.9. The molecule has 1 aliphatic heterocycles. The van der Waals surface area contributed by atoms with Crippen LogP contribution < -0.4 is 16.2 Å². The Morgan fingerprint density at radius 1 is 1.25 bits per heavy atom. The molecule has 0 radical (unpaired) electrons. The maximum atomic E-state index is 12.3. The maximum absolute atomic E-state index is 12.3. The fraction of sp³-hybridized carbons (Fsp3) is 0.353. The van der Waals surface area contributed by atoms with Crippen molar-refractivity contribution in [3.63, 3.8) is 0 Å². The zero-order valence-corrected chi connectivity index (χ0v) is 13.2. The Balaban J connectivity index is 1.66. The average Bonchev–Trinajstić information content (AvgIpc) is 2.95. The number of nitrogens with one attached hydrogen (secondary N) is 2. The van der Waals surface area contributed by atoms with E-state index in [0.717, 1.165) is 12.8 Å². The van der Waals surface area contributed by atoms with Gasteiger partial charge in [-0.05, 0) is 37.5 Å². The van der Waals surface area contributed by atoms with E-state index in [4.69, 9.17) is 4.42 Å². The van der Waals surface area contributed by atoms with Crippen molar-refractivity contribution in [2.75, 3.05) is 6.54 Å². The maximum Gasteiger partial charge on any atom is 0.287 e. The molecule has 1 aliphatic rings. The molecule has 0 aromatic carbocycles. The summed E-state index contributed by atoms with van der Waals surface area (Å²) in [5.41, 5.74) is -0.143. The molecule has 7 nitrogen and oxygen atoms in total. The minimum absolute atomic E-state index is 0.131. The Hall–Kier alpha value is -2.83. The van der Waals surface area contributed by atoms with E-state index in [0.29, 0.717) is 18.7 Å². The van der Waals surface area contributed by atoms with Gasteiger partial charge >= 0.3 is 0 Å². The van der Waals surface area contributed by atoms with Crippen LogP contribution in [0, 0.1) is 0 Å². The van der Waals surface area contributed by atoms with Gasteiger partial charge in [0, 0.05) is 18.8 Å². The van der Waals surface area contributed by atoms with Crippen molar-refractivity contribution in [2.45, 2.75) is 31.8 Å². The van der Waals surface area contributed by atoms with Gasteiger partial charge in [0.25, 0.3) is 11.5 Å². The minimum Gasteiger partial charge on any atom is -0.454 e. The number of hydrogen-bond donors (Lipinski definition) is 2. The molecule has 1 fully saturated rings. The molecule has 0 saturated carbocycles. The van der Waals surface area contributed by atoms with Crippen LogP contribution in [0.2, 0.25) is 0 Å². The Labute approximate surface area is 138 Å². The van der Waals surface area contributed by atoms with Gasteiger partial charge in [-0.15, -0.1) is 0 Å². The molecule has 126 valence electrons. The van der Waals surface area contributed by atoms with Gasteiger partial charge in [-0.1, -0.05) is 6.07 Å². The van der Waals surface area contributed by atoms with Crippen LogP contribution in [0.25, 0.3) is 0 Å². The molecular formula is C17H19N3O4. The van der Waals surface area contributed by atoms with Crippen LogP contribution in [-0.4, -0.2) is 29.0 Å². The molecule has 1 unspecified atom stereocenters. The number of carbonyl (C=O) groups is 2. The molecule has 2 N–H and O–H groups in total. The zero-order valence-electron chi connectivity index (χ0n) is 13.2. The third-order valence-electron chi connectivity index (χ3n) is 3.95. The fourth-order valence-electron chi connectivity index (χ4n) is 2.65. The van der Waals surface area contributed by atoms with E-state index in [-0.39, 0.29) is 23.8 Å². The van der Waals surface area contributed by atoms with Gasteiger partial charge in [-0.3, -0.25) is 14.4 Å². The van der Waals surface area contributed by atoms with Gasteiger partial charge in [0.15, 0.2) is 5.76 Å². The summed E-state index contributed by atoms with van der Waals surface area (Å²) in [5, 5.41) is 5.47. The summed E-state index contributed by atoms with van der Waals surface area (Å²) in [7, 11) is 0. The van der Waals surface area contributed by atoms with E-state index < -0.39 is 11.9 Å². The fourth-order valence-corrected chi connectivity index (χ4v) is 2.65. The Bertz CT molecular complexity index is 793. The Morgan fingerprint density at radius 2 is 2.12 bits per heavy atom. The molecule has 7 heteroatoms. The highest BCUT2D eigenvalue weighted by Gasteiger charge is 2.24. The standard InChI is InChI=1S/C17H19N3O4/c21-15-6-2-4-10-20(15)11-12-7-8-14(24-12)17(23)19-13-5-1-3-9-18-16(13)22/h2,4,6-8,10,13H,1,3,5,9,11H2,(H,18,22)(H,19,23). The molecule has 0 spiro atoms. The van der Waals surface area contributed by atoms with Gasteiger partial charge in [0.1, 0.15) is 11.8 Å². The molecule has 24 heavy (non-hydrogen) atoms. The van der Waals surface area contributed by atoms with Crippen molar-refractivity contribution in [2.24, 2.45) is 0 Å². The predicted molar refractivity (Wildman–Crippen MR) is 86.6 cm³/mol. The second-order valence-corrected chi connectivity index (χ2v) is 5.75. The first-order chi connectivity index (χ1) is 11.6. The van der Waals surface area contributed by atoms with Gasteiger partial charge in [0.05, 0.1) is 6.54 Å². The predicted octanol–water partition coefficient (Wildman–Crippen LogP) is 0.888. The number of carbonyl (C=O) groups excluding carboxylic acids is 2. The molecule has 2 amide bonds. The van der Waals surface area contributed by atoms with Crippen LogP contribution in [0.1, 0.15) is 35.6 Å². The molecule has 1 atom stereocenters. The van der Waals surface area contributed by atoms with E-state index in [2.05, 4.69) is 10.6 Å². The lowest BCUT2D eigenvalue weighted by Gasteiger charge is -2.14. The number of furan rings is 1. The third-order valence-corrected chi connectivity index (χ3v) is 3.95. The summed E-state index contributed by atoms with van der Waals surface area (Å²) in [6.45, 7) is 0.888. The van der Waals surface area contributed by atoms with E-state index in [1.807, 2.05) is 0 Å². The average molecular weight is 329 g/mol. The van der Waals surface area contributed by atoms with Crippen LogP contribution in [0.15, 0.2) is 45.7 Å². The highest BCUT2D eigenvalue weighted by Crippen LogP contribution is 2.11. The molecule has 3 heterocycles. The first-order valence-corrected chi connectivity index (χ1v) is 7.96. The molecular weight excluding hydrogens is 310 g/mol. The summed E-state index contributed by atoms with van der Waals surface area (Å²) in [6, 6.07) is 7.54. The van der Waals surface area contributed by atoms with Gasteiger partial charge in [-0.2, -0.15) is 0 Å². The summed E-state index contributed by atoms with van der Waals surface area (Å²) in [4.78, 5) is 35.8. The molecule has 3 rings (SSSR count). The second-order valence-electron chi connectivity index (χ2n) is 5.75. The number of hydrogen-bond acceptors (Lipinski definition) is 4. The van der Waals surface area contributed by atoms with E-state index in [1.54, 1.807) is 30.5 Å². The smallest absolute Gasteiger partial charge is 0.287 e. The summed E-state index contributed by atoms with van der Waals surface area (Å²) >= 11 is 0. The Morgan fingerprint density at radius 3 is 2.96 bits per heavy atom. The van der Waals surface area contributed by atoms with Crippen molar-refractivity contribution in [3.05, 3.63) is 58.4 Å². The highest BCUT2D eigenvalue weighted by atomic mass is 16.4. The molecule has 1 saturated heterocycles. The first-order valence-electron chi connectivity index (χ1n) is 7.96. The third kappa shape index (κ3) is 3.73. The second kappa shape index (κ2) is 7.16. The van der Waals surface area contributed by atoms with Crippen molar-refractivity contribution >= 4 is 11.8 Å². The quantitative estimate of drug-likeness (QED) is 0.871. The van der Waals surface area contributed by atoms with E-state index >= 15 is 0 Å². The van der Waals surface area contributed by atoms with Crippen LogP contribution in [-0.2, 0) is 11.3 Å². The summed E-state index contributed by atoms with van der Waals surface area (Å²) in [6.07, 6.45) is 4.06. The Kier molecular flexibility index (Phi) is 4.79. The lowest BCUT2D eigenvalue weighted by atomic mass is 10.1. The number of amides is 2. The van der Waals surface area contributed by atoms with Gasteiger partial charge < -0.3 is 19.6 Å². The monoisotopic (exact) mass is 329 g/mol. The number of rotatable bonds is 4. The van der Waals surface area contributed by atoms with Gasteiger partial charge in [-0.25, -0.2) is 0 Å². The van der Waals surface area contributed by atoms with Crippen molar-refractivity contribution < 1.29 is 14.0 Å². The lowest BCUT2D eigenvalue weighted by molar-refractivity contribution is -0.122.